The number of aryl methyl sites for hydroxylation is 2. The largest absolute Gasteiger partial charge is 0.150 e. The van der Waals surface area contributed by atoms with Gasteiger partial charge in [0.2, 0.25) is 0 Å². The minimum Gasteiger partial charge on any atom is -0.150 e. The van der Waals surface area contributed by atoms with E-state index < -0.39 is 0 Å². The quantitative estimate of drug-likeness (QED) is 0.355. The Morgan fingerprint density at radius 1 is 0.458 bits per heavy atom. The number of azo groups is 1. The highest BCUT2D eigenvalue weighted by Gasteiger charge is 2.04. The van der Waals surface area contributed by atoms with E-state index in [0.717, 1.165) is 22.1 Å². The Labute approximate surface area is 141 Å². The molecule has 4 rings (SSSR count). The van der Waals surface area contributed by atoms with Crippen LogP contribution in [-0.4, -0.2) is 0 Å². The highest BCUT2D eigenvalue weighted by atomic mass is 15.1. The van der Waals surface area contributed by atoms with E-state index in [-0.39, 0.29) is 0 Å². The van der Waals surface area contributed by atoms with E-state index in [1.54, 1.807) is 0 Å². The average molecular weight is 310 g/mol. The molecule has 0 saturated heterocycles. The first-order valence-corrected chi connectivity index (χ1v) is 8.12. The van der Waals surface area contributed by atoms with Crippen molar-refractivity contribution in [3.05, 3.63) is 83.9 Å². The van der Waals surface area contributed by atoms with Gasteiger partial charge in [-0.15, -0.1) is 10.2 Å². The summed E-state index contributed by atoms with van der Waals surface area (Å²) >= 11 is 0. The van der Waals surface area contributed by atoms with Gasteiger partial charge < -0.3 is 0 Å². The van der Waals surface area contributed by atoms with Crippen molar-refractivity contribution in [3.8, 4) is 0 Å². The van der Waals surface area contributed by atoms with Crippen molar-refractivity contribution in [1.82, 2.24) is 0 Å². The van der Waals surface area contributed by atoms with E-state index in [9.17, 15) is 0 Å². The molecule has 2 heteroatoms. The molecule has 0 saturated carbocycles. The highest BCUT2D eigenvalue weighted by molar-refractivity contribution is 5.96. The van der Waals surface area contributed by atoms with Crippen molar-refractivity contribution in [3.63, 3.8) is 0 Å². The summed E-state index contributed by atoms with van der Waals surface area (Å²) in [6, 6.07) is 24.9. The number of benzene rings is 4. The lowest BCUT2D eigenvalue weighted by Crippen LogP contribution is -1.79. The first-order chi connectivity index (χ1) is 11.7. The average Bonchev–Trinajstić information content (AvgIpc) is 2.63. The fourth-order valence-electron chi connectivity index (χ4n) is 3.15. The second-order valence-corrected chi connectivity index (χ2v) is 6.09. The SMILES string of the molecule is Cc1ccc(N=Nc2ccc(C)c3ccccc23)c2ccccc12. The van der Waals surface area contributed by atoms with Crippen molar-refractivity contribution in [2.24, 2.45) is 10.2 Å². The highest BCUT2D eigenvalue weighted by Crippen LogP contribution is 2.32. The van der Waals surface area contributed by atoms with Gasteiger partial charge in [-0.05, 0) is 47.9 Å². The maximum atomic E-state index is 4.55. The predicted molar refractivity (Wildman–Crippen MR) is 102 cm³/mol. The second kappa shape index (κ2) is 5.89. The molecule has 0 aromatic heterocycles. The second-order valence-electron chi connectivity index (χ2n) is 6.09. The van der Waals surface area contributed by atoms with Crippen molar-refractivity contribution < 1.29 is 0 Å². The van der Waals surface area contributed by atoms with Gasteiger partial charge in [0.1, 0.15) is 0 Å². The van der Waals surface area contributed by atoms with E-state index in [2.05, 4.69) is 72.6 Å². The van der Waals surface area contributed by atoms with Crippen LogP contribution in [0.3, 0.4) is 0 Å². The molecule has 4 aromatic rings. The van der Waals surface area contributed by atoms with Crippen LogP contribution >= 0.6 is 0 Å². The molecule has 0 heterocycles. The van der Waals surface area contributed by atoms with Crippen LogP contribution in [-0.2, 0) is 0 Å². The van der Waals surface area contributed by atoms with Crippen LogP contribution < -0.4 is 0 Å². The van der Waals surface area contributed by atoms with E-state index in [0.29, 0.717) is 0 Å². The lowest BCUT2D eigenvalue weighted by molar-refractivity contribution is 1.25. The molecule has 2 nitrogen and oxygen atoms in total. The van der Waals surface area contributed by atoms with E-state index in [1.165, 1.54) is 21.9 Å². The maximum Gasteiger partial charge on any atom is 0.0935 e. The first kappa shape index (κ1) is 14.6. The molecule has 4 aromatic carbocycles. The Hall–Kier alpha value is -3.00. The third-order valence-electron chi connectivity index (χ3n) is 4.50. The summed E-state index contributed by atoms with van der Waals surface area (Å²) in [4.78, 5) is 0. The normalized spacial score (nSPS) is 11.6. The minimum atomic E-state index is 0.904. The smallest absolute Gasteiger partial charge is 0.0935 e. The molecule has 24 heavy (non-hydrogen) atoms. The topological polar surface area (TPSA) is 24.7 Å². The fraction of sp³-hybridized carbons (Fsp3) is 0.0909. The molecular formula is C22H18N2. The first-order valence-electron chi connectivity index (χ1n) is 8.12. The minimum absolute atomic E-state index is 0.904. The molecule has 0 spiro atoms. The number of fused-ring (bicyclic) bond motifs is 2. The third-order valence-corrected chi connectivity index (χ3v) is 4.50. The Bertz CT molecular complexity index is 990. The number of nitrogens with zero attached hydrogens (tertiary/aromatic N) is 2. The Balaban J connectivity index is 1.85. The van der Waals surface area contributed by atoms with Crippen LogP contribution in [0.2, 0.25) is 0 Å². The van der Waals surface area contributed by atoms with Crippen LogP contribution in [0, 0.1) is 13.8 Å². The fourth-order valence-corrected chi connectivity index (χ4v) is 3.15. The molecule has 0 radical (unpaired) electrons. The maximum absolute atomic E-state index is 4.55. The predicted octanol–water partition coefficient (Wildman–Crippen LogP) is 7.03. The van der Waals surface area contributed by atoms with Crippen LogP contribution in [0.25, 0.3) is 21.5 Å². The number of hydrogen-bond acceptors (Lipinski definition) is 2. The summed E-state index contributed by atoms with van der Waals surface area (Å²) in [5.41, 5.74) is 4.32. The molecule has 116 valence electrons. The van der Waals surface area contributed by atoms with E-state index in [1.807, 2.05) is 24.3 Å². The monoisotopic (exact) mass is 310 g/mol. The van der Waals surface area contributed by atoms with Gasteiger partial charge in [-0.3, -0.25) is 0 Å². The Morgan fingerprint density at radius 3 is 1.25 bits per heavy atom. The van der Waals surface area contributed by atoms with Gasteiger partial charge in [0, 0.05) is 10.8 Å². The third kappa shape index (κ3) is 2.46. The van der Waals surface area contributed by atoms with E-state index >= 15 is 0 Å². The summed E-state index contributed by atoms with van der Waals surface area (Å²) in [7, 11) is 0. The summed E-state index contributed by atoms with van der Waals surface area (Å²) in [6.07, 6.45) is 0. The molecule has 0 N–H and O–H groups in total. The summed E-state index contributed by atoms with van der Waals surface area (Å²) in [6.45, 7) is 4.24. The van der Waals surface area contributed by atoms with Crippen molar-refractivity contribution in [1.29, 1.82) is 0 Å². The lowest BCUT2D eigenvalue weighted by atomic mass is 10.0. The van der Waals surface area contributed by atoms with Crippen LogP contribution in [0.5, 0.6) is 0 Å². The van der Waals surface area contributed by atoms with Gasteiger partial charge in [-0.25, -0.2) is 0 Å². The molecule has 0 unspecified atom stereocenters. The van der Waals surface area contributed by atoms with E-state index in [4.69, 9.17) is 0 Å². The summed E-state index contributed by atoms with van der Waals surface area (Å²) < 4.78 is 0. The zero-order chi connectivity index (χ0) is 16.5. The Kier molecular flexibility index (Phi) is 3.58. The molecule has 0 aliphatic rings. The number of rotatable bonds is 2. The standard InChI is InChI=1S/C22H18N2/c1-15-11-13-21(19-9-5-3-7-17(15)19)23-24-22-14-12-16(2)18-8-4-6-10-20(18)22/h3-14H,1-2H3. The summed E-state index contributed by atoms with van der Waals surface area (Å²) in [5, 5.41) is 13.8. The van der Waals surface area contributed by atoms with Crippen molar-refractivity contribution in [2.45, 2.75) is 13.8 Å². The molecule has 0 amide bonds. The number of hydrogen-bond donors (Lipinski definition) is 0. The van der Waals surface area contributed by atoms with Gasteiger partial charge in [0.15, 0.2) is 0 Å². The van der Waals surface area contributed by atoms with Gasteiger partial charge in [0.25, 0.3) is 0 Å². The van der Waals surface area contributed by atoms with Crippen LogP contribution in [0.15, 0.2) is 83.0 Å². The zero-order valence-corrected chi connectivity index (χ0v) is 13.8. The van der Waals surface area contributed by atoms with Gasteiger partial charge in [-0.1, -0.05) is 60.7 Å². The summed E-state index contributed by atoms with van der Waals surface area (Å²) in [5.74, 6) is 0. The Morgan fingerprint density at radius 2 is 0.833 bits per heavy atom. The molecule has 0 bridgehead atoms. The molecule has 0 atom stereocenters. The molecule has 0 fully saturated rings. The molecular weight excluding hydrogens is 292 g/mol. The van der Waals surface area contributed by atoms with Crippen molar-refractivity contribution >= 4 is 32.9 Å². The molecule has 0 aliphatic heterocycles. The lowest BCUT2D eigenvalue weighted by Gasteiger charge is -2.06. The van der Waals surface area contributed by atoms with Gasteiger partial charge in [0.05, 0.1) is 11.4 Å². The van der Waals surface area contributed by atoms with Crippen LogP contribution in [0.1, 0.15) is 11.1 Å². The van der Waals surface area contributed by atoms with Gasteiger partial charge >= 0.3 is 0 Å². The van der Waals surface area contributed by atoms with Crippen LogP contribution in [0.4, 0.5) is 11.4 Å². The van der Waals surface area contributed by atoms with Gasteiger partial charge in [-0.2, -0.15) is 0 Å². The van der Waals surface area contributed by atoms with Crippen molar-refractivity contribution in [2.75, 3.05) is 0 Å². The molecule has 0 aliphatic carbocycles. The zero-order valence-electron chi connectivity index (χ0n) is 13.8.